The van der Waals surface area contributed by atoms with E-state index in [1.807, 2.05) is 0 Å². The molecule has 0 saturated heterocycles. The summed E-state index contributed by atoms with van der Waals surface area (Å²) in [4.78, 5) is 0. The average Bonchev–Trinajstić information content (AvgIpc) is 3.18. The van der Waals surface area contributed by atoms with Gasteiger partial charge in [0.15, 0.2) is 0 Å². The van der Waals surface area contributed by atoms with Gasteiger partial charge in [0, 0.05) is 0 Å². The first-order chi connectivity index (χ1) is 24.9. The molecule has 224 valence electrons. The van der Waals surface area contributed by atoms with Gasteiger partial charge in [0.05, 0.1) is 0 Å². The maximum absolute atomic E-state index is 2.42. The minimum atomic E-state index is 1.28. The molecule has 50 heavy (non-hydrogen) atoms. The van der Waals surface area contributed by atoms with Crippen molar-refractivity contribution in [2.75, 3.05) is 0 Å². The molecule has 0 fully saturated rings. The molecular weight excluding hydrogens is 601 g/mol. The van der Waals surface area contributed by atoms with Gasteiger partial charge < -0.3 is 0 Å². The minimum Gasteiger partial charge on any atom is -0.0622 e. The lowest BCUT2D eigenvalue weighted by atomic mass is 9.73. The van der Waals surface area contributed by atoms with E-state index in [4.69, 9.17) is 0 Å². The molecule has 0 nitrogen and oxygen atoms in total. The van der Waals surface area contributed by atoms with Crippen molar-refractivity contribution in [1.82, 2.24) is 0 Å². The molecule has 14 aromatic rings. The molecule has 0 unspecified atom stereocenters. The van der Waals surface area contributed by atoms with Crippen molar-refractivity contribution in [2.45, 2.75) is 0 Å². The summed E-state index contributed by atoms with van der Waals surface area (Å²) in [5.74, 6) is 0. The van der Waals surface area contributed by atoms with E-state index in [0.717, 1.165) is 0 Å². The van der Waals surface area contributed by atoms with Crippen LogP contribution in [-0.2, 0) is 0 Å². The van der Waals surface area contributed by atoms with Crippen molar-refractivity contribution in [3.05, 3.63) is 146 Å². The SMILES string of the molecule is c1ccc(-c2c3cccc4c5ccc6ccc7c(-c8ccccc8)c8cccc9c%10ccc%11ccc2c2c%11c%10c%10c(c89)c7c6c5c%10c2c34)cc1. The molecule has 0 heterocycles. The Morgan fingerprint density at radius 3 is 0.940 bits per heavy atom. The van der Waals surface area contributed by atoms with Crippen LogP contribution in [-0.4, -0.2) is 0 Å². The molecule has 0 saturated carbocycles. The third-order valence-electron chi connectivity index (χ3n) is 12.5. The minimum absolute atomic E-state index is 1.28. The van der Waals surface area contributed by atoms with Crippen LogP contribution in [0.3, 0.4) is 0 Å². The number of fused-ring (bicyclic) bond motifs is 2. The van der Waals surface area contributed by atoms with Crippen LogP contribution in [0.25, 0.3) is 141 Å². The summed E-state index contributed by atoms with van der Waals surface area (Å²) in [6.07, 6.45) is 0. The first-order valence-corrected chi connectivity index (χ1v) is 17.7. The van der Waals surface area contributed by atoms with E-state index in [2.05, 4.69) is 146 Å². The number of hydrogen-bond donors (Lipinski definition) is 0. The van der Waals surface area contributed by atoms with E-state index in [1.54, 1.807) is 0 Å². The molecule has 0 aromatic heterocycles. The first kappa shape index (κ1) is 24.6. The number of benzene rings is 14. The van der Waals surface area contributed by atoms with Gasteiger partial charge in [0.25, 0.3) is 0 Å². The fourth-order valence-corrected chi connectivity index (χ4v) is 10.9. The van der Waals surface area contributed by atoms with Crippen molar-refractivity contribution in [2.24, 2.45) is 0 Å². The summed E-state index contributed by atoms with van der Waals surface area (Å²) in [5, 5.41) is 30.6. The van der Waals surface area contributed by atoms with Gasteiger partial charge in [0.2, 0.25) is 0 Å². The Hall–Kier alpha value is -6.50. The maximum Gasteiger partial charge on any atom is -0.0000253 e. The van der Waals surface area contributed by atoms with Gasteiger partial charge in [-0.25, -0.2) is 0 Å². The summed E-state index contributed by atoms with van der Waals surface area (Å²) in [7, 11) is 0. The molecular formula is C50H24. The lowest BCUT2D eigenvalue weighted by Gasteiger charge is -2.29. The third-order valence-corrected chi connectivity index (χ3v) is 12.5. The van der Waals surface area contributed by atoms with Crippen LogP contribution in [0, 0.1) is 0 Å². The van der Waals surface area contributed by atoms with Gasteiger partial charge in [-0.1, -0.05) is 146 Å². The topological polar surface area (TPSA) is 0 Å². The zero-order valence-electron chi connectivity index (χ0n) is 26.9. The second-order valence-electron chi connectivity index (χ2n) is 14.6. The monoisotopic (exact) mass is 624 g/mol. The molecule has 0 spiro atoms. The van der Waals surface area contributed by atoms with Crippen molar-refractivity contribution in [1.29, 1.82) is 0 Å². The highest BCUT2D eigenvalue weighted by molar-refractivity contribution is 6.59. The summed E-state index contributed by atoms with van der Waals surface area (Å²) in [6.45, 7) is 0. The van der Waals surface area contributed by atoms with E-state index < -0.39 is 0 Å². The second-order valence-corrected chi connectivity index (χ2v) is 14.6. The molecule has 0 radical (unpaired) electrons. The van der Waals surface area contributed by atoms with Crippen molar-refractivity contribution >= 4 is 118 Å². The summed E-state index contributed by atoms with van der Waals surface area (Å²) in [5.41, 5.74) is 5.25. The van der Waals surface area contributed by atoms with Gasteiger partial charge in [-0.05, 0) is 141 Å². The van der Waals surface area contributed by atoms with Crippen LogP contribution in [0.5, 0.6) is 0 Å². The highest BCUT2D eigenvalue weighted by Crippen LogP contribution is 2.60. The third kappa shape index (κ3) is 2.49. The molecule has 0 amide bonds. The lowest BCUT2D eigenvalue weighted by Crippen LogP contribution is -2.00. The van der Waals surface area contributed by atoms with Crippen LogP contribution in [0.15, 0.2) is 146 Å². The van der Waals surface area contributed by atoms with Crippen molar-refractivity contribution in [3.63, 3.8) is 0 Å². The van der Waals surface area contributed by atoms with Crippen molar-refractivity contribution in [3.8, 4) is 22.3 Å². The number of hydrogen-bond acceptors (Lipinski definition) is 0. The smallest absolute Gasteiger partial charge is 0.0000253 e. The molecule has 14 aromatic carbocycles. The van der Waals surface area contributed by atoms with Gasteiger partial charge >= 0.3 is 0 Å². The Balaban J connectivity index is 1.43. The largest absolute Gasteiger partial charge is 0.0622 e. The van der Waals surface area contributed by atoms with E-state index in [1.165, 1.54) is 141 Å². The molecule has 0 atom stereocenters. The Morgan fingerprint density at radius 1 is 0.180 bits per heavy atom. The van der Waals surface area contributed by atoms with Crippen LogP contribution >= 0.6 is 0 Å². The molecule has 0 aliphatic heterocycles. The predicted octanol–water partition coefficient (Wildman–Crippen LogP) is 14.3. The van der Waals surface area contributed by atoms with Gasteiger partial charge in [0.1, 0.15) is 0 Å². The average molecular weight is 625 g/mol. The van der Waals surface area contributed by atoms with E-state index in [9.17, 15) is 0 Å². The molecule has 0 N–H and O–H groups in total. The summed E-state index contributed by atoms with van der Waals surface area (Å²) >= 11 is 0. The van der Waals surface area contributed by atoms with Gasteiger partial charge in [-0.15, -0.1) is 0 Å². The Kier molecular flexibility index (Phi) is 3.95. The fraction of sp³-hybridized carbons (Fsp3) is 0. The summed E-state index contributed by atoms with van der Waals surface area (Å²) in [6, 6.07) is 55.5. The highest BCUT2D eigenvalue weighted by Gasteiger charge is 2.31. The molecule has 14 rings (SSSR count). The van der Waals surface area contributed by atoms with Crippen LogP contribution in [0.4, 0.5) is 0 Å². The highest BCUT2D eigenvalue weighted by atomic mass is 14.3. The van der Waals surface area contributed by atoms with Gasteiger partial charge in [-0.3, -0.25) is 0 Å². The zero-order valence-corrected chi connectivity index (χ0v) is 26.9. The Bertz CT molecular complexity index is 3420. The van der Waals surface area contributed by atoms with Crippen LogP contribution < -0.4 is 0 Å². The second kappa shape index (κ2) is 8.03. The standard InChI is InChI=1S/C50H24/c1-3-9-25(10-4-1)37-33-15-7-13-29-31-21-18-28-20-24-36-38(26-11-5-2-6-12-26)34-16-8-14-30-32-22-17-27-19-23-35(37)45-39(27)43(32)50-48(42(30)34)46(36)40(28)44(31)49(50)47(45)41(29)33/h1-24H. The number of rotatable bonds is 2. The molecule has 0 bridgehead atoms. The van der Waals surface area contributed by atoms with Crippen molar-refractivity contribution < 1.29 is 0 Å². The normalized spacial score (nSPS) is 13.2. The quantitative estimate of drug-likeness (QED) is 0.133. The zero-order chi connectivity index (χ0) is 32.0. The maximum atomic E-state index is 2.42. The van der Waals surface area contributed by atoms with Gasteiger partial charge in [-0.2, -0.15) is 0 Å². The van der Waals surface area contributed by atoms with E-state index >= 15 is 0 Å². The molecule has 0 aliphatic carbocycles. The van der Waals surface area contributed by atoms with E-state index in [0.29, 0.717) is 0 Å². The Morgan fingerprint density at radius 2 is 0.500 bits per heavy atom. The molecule has 0 heteroatoms. The fourth-order valence-electron chi connectivity index (χ4n) is 10.9. The van der Waals surface area contributed by atoms with Crippen LogP contribution in [0.2, 0.25) is 0 Å². The lowest BCUT2D eigenvalue weighted by molar-refractivity contribution is 1.68. The van der Waals surface area contributed by atoms with E-state index in [-0.39, 0.29) is 0 Å². The predicted molar refractivity (Wildman–Crippen MR) is 217 cm³/mol. The summed E-state index contributed by atoms with van der Waals surface area (Å²) < 4.78 is 0. The first-order valence-electron chi connectivity index (χ1n) is 17.7. The Labute approximate surface area is 285 Å². The molecule has 0 aliphatic rings. The van der Waals surface area contributed by atoms with Crippen LogP contribution in [0.1, 0.15) is 0 Å².